The fourth-order valence-corrected chi connectivity index (χ4v) is 6.73. The van der Waals surface area contributed by atoms with Crippen molar-refractivity contribution >= 4 is 69.2 Å². The van der Waals surface area contributed by atoms with Crippen LogP contribution >= 0.6 is 0 Å². The Morgan fingerprint density at radius 1 is 0.268 bits per heavy atom. The van der Waals surface area contributed by atoms with Crippen molar-refractivity contribution in [2.24, 2.45) is 0 Å². The lowest BCUT2D eigenvalue weighted by molar-refractivity contribution is 0.627. The monoisotopic (exact) mass is 738 g/mol. The molecule has 0 saturated carbocycles. The lowest BCUT2D eigenvalue weighted by Crippen LogP contribution is -2.09. The van der Waals surface area contributed by atoms with Crippen molar-refractivity contribution in [2.45, 2.75) is 0 Å². The molecule has 0 atom stereocenters. The highest BCUT2D eigenvalue weighted by molar-refractivity contribution is 5.99. The van der Waals surface area contributed by atoms with Gasteiger partial charge in [0.15, 0.2) is 0 Å². The molecular weight excluding hydrogens is 705 g/mol. The third-order valence-electron chi connectivity index (χ3n) is 9.54. The summed E-state index contributed by atoms with van der Waals surface area (Å²) in [6, 6.07) is 53.5. The summed E-state index contributed by atoms with van der Waals surface area (Å²) >= 11 is 0. The standard InChI is InChI=1S/C50H34F4N2/c51-39-15-27-45(28-16-39)55(46-29-17-40(52)18-30-46)43-23-7-35(8-24-43)5-11-37-13-14-38(50-4-2-1-3-49(37)50)12-6-36-9-25-44(26-10-36)56(47-31-19-41(53)20-32-47)48-33-21-42(54)22-34-48/h1-34H. The molecular formula is C50H34F4N2. The molecule has 6 heteroatoms. The summed E-state index contributed by atoms with van der Waals surface area (Å²) in [5.74, 6) is -1.31. The van der Waals surface area contributed by atoms with Crippen LogP contribution < -0.4 is 9.80 Å². The second-order valence-electron chi connectivity index (χ2n) is 13.2. The summed E-state index contributed by atoms with van der Waals surface area (Å²) in [5.41, 5.74) is 8.90. The maximum atomic E-state index is 13.8. The minimum atomic E-state index is -0.326. The van der Waals surface area contributed by atoms with Crippen molar-refractivity contribution in [3.63, 3.8) is 0 Å². The Bertz CT molecular complexity index is 2360. The quantitative estimate of drug-likeness (QED) is 0.102. The minimum Gasteiger partial charge on any atom is -0.310 e. The molecule has 0 aliphatic rings. The zero-order valence-electron chi connectivity index (χ0n) is 30.0. The first-order chi connectivity index (χ1) is 27.4. The van der Waals surface area contributed by atoms with Gasteiger partial charge in [0.05, 0.1) is 0 Å². The Hall–Kier alpha value is -7.18. The maximum Gasteiger partial charge on any atom is 0.123 e. The van der Waals surface area contributed by atoms with Crippen molar-refractivity contribution in [2.75, 3.05) is 9.80 Å². The average molecular weight is 739 g/mol. The number of hydrogen-bond acceptors (Lipinski definition) is 2. The fraction of sp³-hybridized carbons (Fsp3) is 0. The van der Waals surface area contributed by atoms with Gasteiger partial charge in [0.2, 0.25) is 0 Å². The number of benzene rings is 8. The molecule has 0 radical (unpaired) electrons. The highest BCUT2D eigenvalue weighted by atomic mass is 19.1. The van der Waals surface area contributed by atoms with Crippen LogP contribution in [0.1, 0.15) is 22.3 Å². The summed E-state index contributed by atoms with van der Waals surface area (Å²) in [5, 5.41) is 2.23. The lowest BCUT2D eigenvalue weighted by Gasteiger charge is -2.25. The molecule has 8 rings (SSSR count). The third kappa shape index (κ3) is 8.00. The molecule has 0 aliphatic carbocycles. The fourth-order valence-electron chi connectivity index (χ4n) is 6.73. The average Bonchev–Trinajstić information content (AvgIpc) is 3.23. The van der Waals surface area contributed by atoms with Gasteiger partial charge >= 0.3 is 0 Å². The topological polar surface area (TPSA) is 6.48 Å². The molecule has 0 N–H and O–H groups in total. The van der Waals surface area contributed by atoms with E-state index in [0.29, 0.717) is 0 Å². The summed E-state index contributed by atoms with van der Waals surface area (Å²) in [7, 11) is 0. The van der Waals surface area contributed by atoms with Gasteiger partial charge in [-0.2, -0.15) is 0 Å². The van der Waals surface area contributed by atoms with Gasteiger partial charge in [0.25, 0.3) is 0 Å². The zero-order chi connectivity index (χ0) is 38.4. The smallest absolute Gasteiger partial charge is 0.123 e. The second kappa shape index (κ2) is 16.0. The van der Waals surface area contributed by atoms with Crippen molar-refractivity contribution in [1.82, 2.24) is 0 Å². The van der Waals surface area contributed by atoms with Gasteiger partial charge in [0.1, 0.15) is 23.3 Å². The molecule has 0 aromatic heterocycles. The van der Waals surface area contributed by atoms with E-state index in [2.05, 4.69) is 48.6 Å². The van der Waals surface area contributed by atoms with Crippen LogP contribution in [-0.2, 0) is 0 Å². The van der Waals surface area contributed by atoms with E-state index in [0.717, 1.165) is 67.2 Å². The predicted molar refractivity (Wildman–Crippen MR) is 224 cm³/mol. The van der Waals surface area contributed by atoms with Crippen LogP contribution in [0.2, 0.25) is 0 Å². The van der Waals surface area contributed by atoms with Gasteiger partial charge in [-0.1, -0.05) is 85.0 Å². The Morgan fingerprint density at radius 2 is 0.518 bits per heavy atom. The molecule has 0 fully saturated rings. The minimum absolute atomic E-state index is 0.326. The van der Waals surface area contributed by atoms with E-state index in [1.807, 2.05) is 70.5 Å². The molecule has 272 valence electrons. The molecule has 0 saturated heterocycles. The van der Waals surface area contributed by atoms with Crippen LogP contribution in [0, 0.1) is 23.3 Å². The number of anilines is 6. The Kier molecular flexibility index (Phi) is 10.3. The lowest BCUT2D eigenvalue weighted by atomic mass is 9.98. The first kappa shape index (κ1) is 35.8. The van der Waals surface area contributed by atoms with Crippen molar-refractivity contribution < 1.29 is 17.6 Å². The van der Waals surface area contributed by atoms with E-state index in [-0.39, 0.29) is 23.3 Å². The highest BCUT2D eigenvalue weighted by Crippen LogP contribution is 2.37. The van der Waals surface area contributed by atoms with Crippen molar-refractivity contribution in [1.29, 1.82) is 0 Å². The largest absolute Gasteiger partial charge is 0.310 e. The van der Waals surface area contributed by atoms with E-state index in [1.165, 1.54) is 48.5 Å². The van der Waals surface area contributed by atoms with Crippen LogP contribution in [0.3, 0.4) is 0 Å². The summed E-state index contributed by atoms with van der Waals surface area (Å²) < 4.78 is 55.0. The molecule has 0 spiro atoms. The molecule has 8 aromatic carbocycles. The normalized spacial score (nSPS) is 11.4. The van der Waals surface area contributed by atoms with Crippen LogP contribution in [0.25, 0.3) is 35.1 Å². The van der Waals surface area contributed by atoms with Gasteiger partial charge in [-0.15, -0.1) is 0 Å². The Labute approximate surface area is 323 Å². The van der Waals surface area contributed by atoms with Crippen LogP contribution in [0.4, 0.5) is 51.7 Å². The summed E-state index contributed by atoms with van der Waals surface area (Å²) in [6.45, 7) is 0. The first-order valence-electron chi connectivity index (χ1n) is 18.1. The molecule has 0 aliphatic heterocycles. The molecule has 0 heterocycles. The summed E-state index contributed by atoms with van der Waals surface area (Å²) in [4.78, 5) is 3.91. The van der Waals surface area contributed by atoms with Gasteiger partial charge in [-0.3, -0.25) is 0 Å². The second-order valence-corrected chi connectivity index (χ2v) is 13.2. The van der Waals surface area contributed by atoms with Gasteiger partial charge in [-0.05, 0) is 154 Å². The van der Waals surface area contributed by atoms with Gasteiger partial charge in [-0.25, -0.2) is 17.6 Å². The molecule has 0 unspecified atom stereocenters. The predicted octanol–water partition coefficient (Wildman–Crippen LogP) is 14.7. The van der Waals surface area contributed by atoms with E-state index >= 15 is 0 Å². The van der Waals surface area contributed by atoms with E-state index in [4.69, 9.17) is 0 Å². The van der Waals surface area contributed by atoms with Crippen molar-refractivity contribution in [3.8, 4) is 0 Å². The summed E-state index contributed by atoms with van der Waals surface area (Å²) in [6.07, 6.45) is 8.36. The first-order valence-corrected chi connectivity index (χ1v) is 18.1. The molecule has 8 aromatic rings. The highest BCUT2D eigenvalue weighted by Gasteiger charge is 2.14. The van der Waals surface area contributed by atoms with Crippen LogP contribution in [0.5, 0.6) is 0 Å². The molecule has 2 nitrogen and oxygen atoms in total. The number of nitrogens with zero attached hydrogens (tertiary/aromatic N) is 2. The maximum absolute atomic E-state index is 13.8. The number of halogens is 4. The number of fused-ring (bicyclic) bond motifs is 1. The SMILES string of the molecule is Fc1ccc(N(c2ccc(F)cc2)c2ccc(C=Cc3ccc(C=Cc4ccc(N(c5ccc(F)cc5)c5ccc(F)cc5)cc4)c4ccccc34)cc2)cc1. The van der Waals surface area contributed by atoms with Gasteiger partial charge in [0, 0.05) is 34.1 Å². The Morgan fingerprint density at radius 3 is 0.786 bits per heavy atom. The van der Waals surface area contributed by atoms with Crippen LogP contribution in [0.15, 0.2) is 182 Å². The molecule has 56 heavy (non-hydrogen) atoms. The molecule has 0 amide bonds. The van der Waals surface area contributed by atoms with E-state index < -0.39 is 0 Å². The zero-order valence-corrected chi connectivity index (χ0v) is 30.0. The molecule has 0 bridgehead atoms. The number of hydrogen-bond donors (Lipinski definition) is 0. The van der Waals surface area contributed by atoms with E-state index in [9.17, 15) is 17.6 Å². The Balaban J connectivity index is 1.02. The number of rotatable bonds is 10. The third-order valence-corrected chi connectivity index (χ3v) is 9.54. The van der Waals surface area contributed by atoms with Crippen molar-refractivity contribution in [3.05, 3.63) is 228 Å². The van der Waals surface area contributed by atoms with E-state index in [1.54, 1.807) is 48.5 Å². The van der Waals surface area contributed by atoms with Gasteiger partial charge < -0.3 is 9.80 Å². The van der Waals surface area contributed by atoms with Crippen LogP contribution in [-0.4, -0.2) is 0 Å².